The van der Waals surface area contributed by atoms with E-state index in [1.165, 1.54) is 12.1 Å². The van der Waals surface area contributed by atoms with Gasteiger partial charge >= 0.3 is 0 Å². The summed E-state index contributed by atoms with van der Waals surface area (Å²) in [6.45, 7) is 2.46. The maximum Gasteiger partial charge on any atom is 0.254 e. The molecule has 1 saturated heterocycles. The Bertz CT molecular complexity index is 417. The van der Waals surface area contributed by atoms with Gasteiger partial charge in [0.2, 0.25) is 0 Å². The SMILES string of the molecule is O=C(c1ccc(CO)c(F)c1)N1CCNCC1. The van der Waals surface area contributed by atoms with Crippen LogP contribution in [0.25, 0.3) is 0 Å². The maximum atomic E-state index is 13.4. The van der Waals surface area contributed by atoms with E-state index in [0.29, 0.717) is 18.7 Å². The highest BCUT2D eigenvalue weighted by molar-refractivity contribution is 5.94. The van der Waals surface area contributed by atoms with Crippen LogP contribution in [0.1, 0.15) is 15.9 Å². The van der Waals surface area contributed by atoms with E-state index in [9.17, 15) is 9.18 Å². The van der Waals surface area contributed by atoms with Gasteiger partial charge in [0.15, 0.2) is 0 Å². The molecule has 1 amide bonds. The second-order valence-corrected chi connectivity index (χ2v) is 4.01. The summed E-state index contributed by atoms with van der Waals surface area (Å²) in [6.07, 6.45) is 0. The van der Waals surface area contributed by atoms with Crippen molar-refractivity contribution in [3.63, 3.8) is 0 Å². The van der Waals surface area contributed by atoms with E-state index in [1.54, 1.807) is 11.0 Å². The number of nitrogens with one attached hydrogen (secondary N) is 1. The van der Waals surface area contributed by atoms with Crippen molar-refractivity contribution in [3.8, 4) is 0 Å². The summed E-state index contributed by atoms with van der Waals surface area (Å²) in [5.74, 6) is -0.691. The van der Waals surface area contributed by atoms with Crippen molar-refractivity contribution >= 4 is 5.91 Å². The number of rotatable bonds is 2. The average Bonchev–Trinajstić information content (AvgIpc) is 2.39. The van der Waals surface area contributed by atoms with E-state index in [-0.39, 0.29) is 18.1 Å². The Morgan fingerprint density at radius 1 is 1.41 bits per heavy atom. The summed E-state index contributed by atoms with van der Waals surface area (Å²) < 4.78 is 13.4. The first kappa shape index (κ1) is 12.0. The third-order valence-electron chi connectivity index (χ3n) is 2.87. The van der Waals surface area contributed by atoms with Crippen molar-refractivity contribution in [2.45, 2.75) is 6.61 Å². The van der Waals surface area contributed by atoms with Gasteiger partial charge in [-0.3, -0.25) is 4.79 Å². The Hall–Kier alpha value is -1.46. The van der Waals surface area contributed by atoms with Crippen LogP contribution in [-0.2, 0) is 6.61 Å². The van der Waals surface area contributed by atoms with Crippen molar-refractivity contribution in [2.24, 2.45) is 0 Å². The number of carbonyl (C=O) groups is 1. The molecular weight excluding hydrogens is 223 g/mol. The van der Waals surface area contributed by atoms with Crippen LogP contribution in [0.3, 0.4) is 0 Å². The van der Waals surface area contributed by atoms with Crippen LogP contribution in [0, 0.1) is 5.82 Å². The van der Waals surface area contributed by atoms with Crippen molar-refractivity contribution in [1.82, 2.24) is 10.2 Å². The summed E-state index contributed by atoms with van der Waals surface area (Å²) in [5.41, 5.74) is 0.545. The number of hydrogen-bond donors (Lipinski definition) is 2. The zero-order valence-corrected chi connectivity index (χ0v) is 9.45. The van der Waals surface area contributed by atoms with E-state index in [1.807, 2.05) is 0 Å². The fourth-order valence-corrected chi connectivity index (χ4v) is 1.86. The molecule has 1 aliphatic rings. The maximum absolute atomic E-state index is 13.4. The van der Waals surface area contributed by atoms with Crippen LogP contribution in [0.4, 0.5) is 4.39 Å². The highest BCUT2D eigenvalue weighted by atomic mass is 19.1. The Morgan fingerprint density at radius 2 is 2.12 bits per heavy atom. The molecule has 4 nitrogen and oxygen atoms in total. The Balaban J connectivity index is 2.16. The van der Waals surface area contributed by atoms with Gasteiger partial charge in [-0.05, 0) is 12.1 Å². The van der Waals surface area contributed by atoms with Gasteiger partial charge in [0.1, 0.15) is 5.82 Å². The summed E-state index contributed by atoms with van der Waals surface area (Å²) in [6, 6.07) is 4.19. The normalized spacial score (nSPS) is 16.0. The van der Waals surface area contributed by atoms with Gasteiger partial charge in [-0.15, -0.1) is 0 Å². The molecule has 1 aliphatic heterocycles. The summed E-state index contributed by atoms with van der Waals surface area (Å²) in [4.78, 5) is 13.7. The predicted octanol–water partition coefficient (Wildman–Crippen LogP) is 0.363. The van der Waals surface area contributed by atoms with Gasteiger partial charge in [0.05, 0.1) is 6.61 Å². The second kappa shape index (κ2) is 5.25. The molecule has 0 aromatic heterocycles. The Morgan fingerprint density at radius 3 is 2.71 bits per heavy atom. The van der Waals surface area contributed by atoms with E-state index in [2.05, 4.69) is 5.32 Å². The molecule has 1 aromatic rings. The molecule has 92 valence electrons. The van der Waals surface area contributed by atoms with Gasteiger partial charge in [-0.1, -0.05) is 6.07 Å². The zero-order chi connectivity index (χ0) is 12.3. The van der Waals surface area contributed by atoms with Gasteiger partial charge in [0, 0.05) is 37.3 Å². The number of benzene rings is 1. The Labute approximate surface area is 99.0 Å². The number of carbonyl (C=O) groups excluding carboxylic acids is 1. The lowest BCUT2D eigenvalue weighted by Gasteiger charge is -2.27. The molecule has 0 aliphatic carbocycles. The van der Waals surface area contributed by atoms with E-state index in [4.69, 9.17) is 5.11 Å². The fraction of sp³-hybridized carbons (Fsp3) is 0.417. The van der Waals surface area contributed by atoms with Crippen LogP contribution in [-0.4, -0.2) is 42.1 Å². The van der Waals surface area contributed by atoms with Crippen molar-refractivity contribution in [3.05, 3.63) is 35.1 Å². The number of amides is 1. The van der Waals surface area contributed by atoms with Gasteiger partial charge in [-0.25, -0.2) is 4.39 Å². The number of hydrogen-bond acceptors (Lipinski definition) is 3. The molecule has 0 saturated carbocycles. The first-order valence-electron chi connectivity index (χ1n) is 5.61. The molecule has 0 atom stereocenters. The van der Waals surface area contributed by atoms with Crippen molar-refractivity contribution in [1.29, 1.82) is 0 Å². The molecule has 0 radical (unpaired) electrons. The molecule has 1 fully saturated rings. The molecule has 17 heavy (non-hydrogen) atoms. The lowest BCUT2D eigenvalue weighted by molar-refractivity contribution is 0.0735. The lowest BCUT2D eigenvalue weighted by atomic mass is 10.1. The Kier molecular flexibility index (Phi) is 3.71. The first-order valence-corrected chi connectivity index (χ1v) is 5.61. The van der Waals surface area contributed by atoms with Crippen LogP contribution in [0.15, 0.2) is 18.2 Å². The predicted molar refractivity (Wildman–Crippen MR) is 61.1 cm³/mol. The third-order valence-corrected chi connectivity index (χ3v) is 2.87. The molecule has 2 rings (SSSR count). The van der Waals surface area contributed by atoms with E-state index >= 15 is 0 Å². The third kappa shape index (κ3) is 2.62. The molecular formula is C12H15FN2O2. The number of aliphatic hydroxyl groups is 1. The zero-order valence-electron chi connectivity index (χ0n) is 9.45. The first-order chi connectivity index (χ1) is 8.22. The molecule has 2 N–H and O–H groups in total. The monoisotopic (exact) mass is 238 g/mol. The molecule has 0 spiro atoms. The van der Waals surface area contributed by atoms with Gasteiger partial charge in [0.25, 0.3) is 5.91 Å². The molecule has 0 bridgehead atoms. The fourth-order valence-electron chi connectivity index (χ4n) is 1.86. The lowest BCUT2D eigenvalue weighted by Crippen LogP contribution is -2.46. The minimum absolute atomic E-state index is 0.158. The van der Waals surface area contributed by atoms with Crippen molar-refractivity contribution in [2.75, 3.05) is 26.2 Å². The minimum Gasteiger partial charge on any atom is -0.392 e. The van der Waals surface area contributed by atoms with Crippen LogP contribution < -0.4 is 5.32 Å². The topological polar surface area (TPSA) is 52.6 Å². The largest absolute Gasteiger partial charge is 0.392 e. The highest BCUT2D eigenvalue weighted by Gasteiger charge is 2.18. The standard InChI is InChI=1S/C12H15FN2O2/c13-11-7-9(1-2-10(11)8-16)12(17)15-5-3-14-4-6-15/h1-2,7,14,16H,3-6,8H2. The molecule has 1 aromatic carbocycles. The van der Waals surface area contributed by atoms with Crippen LogP contribution in [0.2, 0.25) is 0 Å². The van der Waals surface area contributed by atoms with Crippen molar-refractivity contribution < 1.29 is 14.3 Å². The molecule has 0 unspecified atom stereocenters. The van der Waals surface area contributed by atoms with Gasteiger partial charge in [-0.2, -0.15) is 0 Å². The summed E-state index contributed by atoms with van der Waals surface area (Å²) >= 11 is 0. The summed E-state index contributed by atoms with van der Waals surface area (Å²) in [5, 5.41) is 12.0. The van der Waals surface area contributed by atoms with Crippen LogP contribution >= 0.6 is 0 Å². The number of aliphatic hydroxyl groups excluding tert-OH is 1. The minimum atomic E-state index is -0.534. The van der Waals surface area contributed by atoms with E-state index in [0.717, 1.165) is 13.1 Å². The highest BCUT2D eigenvalue weighted by Crippen LogP contribution is 2.12. The summed E-state index contributed by atoms with van der Waals surface area (Å²) in [7, 11) is 0. The number of nitrogens with zero attached hydrogens (tertiary/aromatic N) is 1. The second-order valence-electron chi connectivity index (χ2n) is 4.01. The molecule has 5 heteroatoms. The smallest absolute Gasteiger partial charge is 0.254 e. The quantitative estimate of drug-likeness (QED) is 0.782. The van der Waals surface area contributed by atoms with E-state index < -0.39 is 5.82 Å². The van der Waals surface area contributed by atoms with Gasteiger partial charge < -0.3 is 15.3 Å². The molecule has 1 heterocycles. The number of halogens is 1. The average molecular weight is 238 g/mol. The number of piperazine rings is 1. The van der Waals surface area contributed by atoms with Crippen LogP contribution in [0.5, 0.6) is 0 Å².